The van der Waals surface area contributed by atoms with Crippen LogP contribution >= 0.6 is 0 Å². The van der Waals surface area contributed by atoms with E-state index in [1.807, 2.05) is 19.1 Å². The van der Waals surface area contributed by atoms with Crippen LogP contribution in [0.1, 0.15) is 24.0 Å². The third-order valence-corrected chi connectivity index (χ3v) is 8.01. The van der Waals surface area contributed by atoms with Crippen molar-refractivity contribution < 1.29 is 17.9 Å². The molecule has 4 rings (SSSR count). The lowest BCUT2D eigenvalue weighted by molar-refractivity contribution is -0.126. The summed E-state index contributed by atoms with van der Waals surface area (Å²) in [7, 11) is -3.52. The van der Waals surface area contributed by atoms with Crippen LogP contribution in [0, 0.1) is 12.8 Å². The quantitative estimate of drug-likeness (QED) is 0.711. The number of morpholine rings is 1. The van der Waals surface area contributed by atoms with Crippen molar-refractivity contribution >= 4 is 21.7 Å². The van der Waals surface area contributed by atoms with Crippen LogP contribution in [-0.2, 0) is 26.1 Å². The van der Waals surface area contributed by atoms with E-state index in [4.69, 9.17) is 4.74 Å². The van der Waals surface area contributed by atoms with Gasteiger partial charge in [-0.1, -0.05) is 17.7 Å². The monoisotopic (exact) mass is 458 g/mol. The second-order valence-electron chi connectivity index (χ2n) is 8.33. The number of nitrogens with zero attached hydrogens (tertiary/aromatic N) is 3. The number of nitrogens with one attached hydrogen (secondary N) is 1. The lowest BCUT2D eigenvalue weighted by atomic mass is 9.97. The number of amides is 1. The number of benzene rings is 1. The number of piperidine rings is 1. The summed E-state index contributed by atoms with van der Waals surface area (Å²) in [6.07, 6.45) is 2.80. The number of aryl methyl sites for hydroxylation is 1. The summed E-state index contributed by atoms with van der Waals surface area (Å²) >= 11 is 0. The van der Waals surface area contributed by atoms with Gasteiger partial charge in [-0.2, -0.15) is 4.31 Å². The summed E-state index contributed by atoms with van der Waals surface area (Å²) in [5.74, 6) is 0.691. The first kappa shape index (κ1) is 22.7. The lowest BCUT2D eigenvalue weighted by Crippen LogP contribution is -2.42. The van der Waals surface area contributed by atoms with Crippen LogP contribution in [0.5, 0.6) is 0 Å². The molecule has 0 aliphatic carbocycles. The van der Waals surface area contributed by atoms with Crippen LogP contribution in [-0.4, -0.2) is 63.0 Å². The largest absolute Gasteiger partial charge is 0.378 e. The molecule has 9 heteroatoms. The van der Waals surface area contributed by atoms with E-state index in [0.717, 1.165) is 30.0 Å². The molecule has 8 nitrogen and oxygen atoms in total. The molecule has 2 fully saturated rings. The Kier molecular flexibility index (Phi) is 7.07. The Morgan fingerprint density at radius 3 is 2.47 bits per heavy atom. The highest BCUT2D eigenvalue weighted by atomic mass is 32.2. The Balaban J connectivity index is 1.29. The average molecular weight is 459 g/mol. The first-order valence-electron chi connectivity index (χ1n) is 11.1. The zero-order valence-corrected chi connectivity index (χ0v) is 19.2. The number of hydrogen-bond donors (Lipinski definition) is 1. The van der Waals surface area contributed by atoms with Gasteiger partial charge in [-0.25, -0.2) is 13.4 Å². The van der Waals surface area contributed by atoms with Gasteiger partial charge in [-0.05, 0) is 49.6 Å². The fourth-order valence-corrected chi connectivity index (χ4v) is 5.56. The molecule has 1 N–H and O–H groups in total. The topological polar surface area (TPSA) is 91.8 Å². The van der Waals surface area contributed by atoms with Gasteiger partial charge in [0.25, 0.3) is 0 Å². The minimum absolute atomic E-state index is 0.0258. The Morgan fingerprint density at radius 1 is 1.09 bits per heavy atom. The van der Waals surface area contributed by atoms with E-state index in [1.54, 1.807) is 30.5 Å². The van der Waals surface area contributed by atoms with Crippen molar-refractivity contribution in [3.05, 3.63) is 53.7 Å². The Bertz CT molecular complexity index is 1030. The Hall–Kier alpha value is -2.49. The number of hydrogen-bond acceptors (Lipinski definition) is 6. The molecule has 0 radical (unpaired) electrons. The summed E-state index contributed by atoms with van der Waals surface area (Å²) in [5.41, 5.74) is 2.01. The molecule has 32 heavy (non-hydrogen) atoms. The standard InChI is InChI=1S/C23H30N4O4S/c1-18-2-4-21(5-3-18)32(29,30)27-10-7-20(8-11-27)23(28)25-17-19-6-9-24-22(16-19)26-12-14-31-15-13-26/h2-6,9,16,20H,7-8,10-15,17H2,1H3,(H,25,28). The maximum atomic E-state index is 12.9. The third-order valence-electron chi connectivity index (χ3n) is 6.10. The van der Waals surface area contributed by atoms with Gasteiger partial charge >= 0.3 is 0 Å². The SMILES string of the molecule is Cc1ccc(S(=O)(=O)N2CCC(C(=O)NCc3ccnc(N4CCOCC4)c3)CC2)cc1. The molecule has 0 spiro atoms. The van der Waals surface area contributed by atoms with Gasteiger partial charge in [0.1, 0.15) is 5.82 Å². The first-order valence-corrected chi connectivity index (χ1v) is 12.5. The molecule has 0 saturated carbocycles. The van der Waals surface area contributed by atoms with Gasteiger partial charge < -0.3 is 15.0 Å². The summed E-state index contributed by atoms with van der Waals surface area (Å²) in [6, 6.07) is 10.8. The van der Waals surface area contributed by atoms with Crippen molar-refractivity contribution in [2.45, 2.75) is 31.2 Å². The third kappa shape index (κ3) is 5.28. The van der Waals surface area contributed by atoms with Gasteiger partial charge in [-0.15, -0.1) is 0 Å². The number of ether oxygens (including phenoxy) is 1. The molecule has 2 aromatic rings. The molecule has 1 aromatic heterocycles. The first-order chi connectivity index (χ1) is 15.4. The molecular formula is C23H30N4O4S. The summed E-state index contributed by atoms with van der Waals surface area (Å²) in [6.45, 7) is 6.08. The number of anilines is 1. The van der Waals surface area contributed by atoms with Crippen LogP contribution in [0.4, 0.5) is 5.82 Å². The number of carbonyl (C=O) groups is 1. The Labute approximate surface area is 189 Å². The van der Waals surface area contributed by atoms with E-state index in [1.165, 1.54) is 4.31 Å². The van der Waals surface area contributed by atoms with Crippen LogP contribution in [0.25, 0.3) is 0 Å². The summed E-state index contributed by atoms with van der Waals surface area (Å²) < 4.78 is 32.6. The van der Waals surface area contributed by atoms with Gasteiger partial charge in [0.2, 0.25) is 15.9 Å². The van der Waals surface area contributed by atoms with Crippen LogP contribution in [0.3, 0.4) is 0 Å². The van der Waals surface area contributed by atoms with Crippen LogP contribution in [0.15, 0.2) is 47.5 Å². The molecule has 2 aliphatic rings. The number of aromatic nitrogens is 1. The van der Waals surface area contributed by atoms with Crippen molar-refractivity contribution in [1.82, 2.24) is 14.6 Å². The molecule has 2 saturated heterocycles. The lowest BCUT2D eigenvalue weighted by Gasteiger charge is -2.30. The van der Waals surface area contributed by atoms with Crippen LogP contribution < -0.4 is 10.2 Å². The van der Waals surface area contributed by atoms with E-state index < -0.39 is 10.0 Å². The summed E-state index contributed by atoms with van der Waals surface area (Å²) in [5, 5.41) is 3.01. The predicted octanol–water partition coefficient (Wildman–Crippen LogP) is 1.94. The highest BCUT2D eigenvalue weighted by molar-refractivity contribution is 7.89. The number of carbonyl (C=O) groups excluding carboxylic acids is 1. The predicted molar refractivity (Wildman–Crippen MR) is 122 cm³/mol. The van der Waals surface area contributed by atoms with E-state index in [2.05, 4.69) is 15.2 Å². The minimum Gasteiger partial charge on any atom is -0.378 e. The smallest absolute Gasteiger partial charge is 0.243 e. The molecule has 2 aliphatic heterocycles. The van der Waals surface area contributed by atoms with Crippen molar-refractivity contribution in [2.75, 3.05) is 44.3 Å². The van der Waals surface area contributed by atoms with Crippen molar-refractivity contribution in [3.8, 4) is 0 Å². The molecule has 1 aromatic carbocycles. The number of pyridine rings is 1. The zero-order valence-electron chi connectivity index (χ0n) is 18.4. The second kappa shape index (κ2) is 9.97. The van der Waals surface area contributed by atoms with E-state index in [9.17, 15) is 13.2 Å². The van der Waals surface area contributed by atoms with Crippen molar-refractivity contribution in [2.24, 2.45) is 5.92 Å². The maximum absolute atomic E-state index is 12.9. The molecule has 3 heterocycles. The molecular weight excluding hydrogens is 428 g/mol. The second-order valence-corrected chi connectivity index (χ2v) is 10.3. The van der Waals surface area contributed by atoms with Gasteiger partial charge in [0.05, 0.1) is 18.1 Å². The minimum atomic E-state index is -3.52. The summed E-state index contributed by atoms with van der Waals surface area (Å²) in [4.78, 5) is 19.6. The number of rotatable bonds is 6. The molecule has 0 unspecified atom stereocenters. The van der Waals surface area contributed by atoms with Crippen molar-refractivity contribution in [3.63, 3.8) is 0 Å². The maximum Gasteiger partial charge on any atom is 0.243 e. The molecule has 0 bridgehead atoms. The number of sulfonamides is 1. The van der Waals surface area contributed by atoms with E-state index in [0.29, 0.717) is 50.6 Å². The van der Waals surface area contributed by atoms with Gasteiger partial charge in [0.15, 0.2) is 0 Å². The molecule has 1 amide bonds. The molecule has 0 atom stereocenters. The highest BCUT2D eigenvalue weighted by Crippen LogP contribution is 2.24. The zero-order chi connectivity index (χ0) is 22.6. The normalized spacial score (nSPS) is 18.5. The van der Waals surface area contributed by atoms with Gasteiger partial charge in [0, 0.05) is 44.8 Å². The highest BCUT2D eigenvalue weighted by Gasteiger charge is 2.32. The molecule has 172 valence electrons. The van der Waals surface area contributed by atoms with E-state index >= 15 is 0 Å². The average Bonchev–Trinajstić information content (AvgIpc) is 2.83. The van der Waals surface area contributed by atoms with E-state index in [-0.39, 0.29) is 11.8 Å². The Morgan fingerprint density at radius 2 is 1.78 bits per heavy atom. The van der Waals surface area contributed by atoms with Crippen molar-refractivity contribution in [1.29, 1.82) is 0 Å². The fraction of sp³-hybridized carbons (Fsp3) is 0.478. The van der Waals surface area contributed by atoms with Crippen LogP contribution in [0.2, 0.25) is 0 Å². The fourth-order valence-electron chi connectivity index (χ4n) is 4.09. The van der Waals surface area contributed by atoms with Gasteiger partial charge in [-0.3, -0.25) is 4.79 Å².